The van der Waals surface area contributed by atoms with Gasteiger partial charge in [-0.3, -0.25) is 4.79 Å². The van der Waals surface area contributed by atoms with E-state index in [4.69, 9.17) is 10.5 Å². The third-order valence-electron chi connectivity index (χ3n) is 4.43. The molecule has 3 N–H and O–H groups in total. The number of hydrogen-bond acceptors (Lipinski definition) is 4. The Bertz CT molecular complexity index is 518. The minimum Gasteiger partial charge on any atom is -0.504 e. The van der Waals surface area contributed by atoms with E-state index in [1.54, 1.807) is 12.1 Å². The largest absolute Gasteiger partial charge is 0.504 e. The number of ether oxygens (including phenoxy) is 1. The summed E-state index contributed by atoms with van der Waals surface area (Å²) in [5.41, 5.74) is 6.53. The fourth-order valence-electron chi connectivity index (χ4n) is 3.52. The van der Waals surface area contributed by atoms with Gasteiger partial charge in [-0.25, -0.2) is 0 Å². The van der Waals surface area contributed by atoms with Crippen molar-refractivity contribution in [2.75, 3.05) is 7.11 Å². The zero-order valence-electron chi connectivity index (χ0n) is 11.6. The van der Waals surface area contributed by atoms with E-state index >= 15 is 0 Å². The molecule has 108 valence electrons. The maximum Gasteiger partial charge on any atom is 0.254 e. The normalized spacial score (nSPS) is 28.5. The van der Waals surface area contributed by atoms with Gasteiger partial charge in [-0.15, -0.1) is 0 Å². The molecule has 2 unspecified atom stereocenters. The van der Waals surface area contributed by atoms with Crippen LogP contribution in [0.3, 0.4) is 0 Å². The van der Waals surface area contributed by atoms with Crippen LogP contribution >= 0.6 is 0 Å². The zero-order valence-corrected chi connectivity index (χ0v) is 11.6. The van der Waals surface area contributed by atoms with E-state index in [0.717, 1.165) is 25.7 Å². The predicted octanol–water partition coefficient (Wildman–Crippen LogP) is 1.50. The molecule has 2 fully saturated rings. The van der Waals surface area contributed by atoms with Gasteiger partial charge in [0.05, 0.1) is 7.11 Å². The second-order valence-electron chi connectivity index (χ2n) is 5.72. The smallest absolute Gasteiger partial charge is 0.254 e. The minimum absolute atomic E-state index is 0.000548. The van der Waals surface area contributed by atoms with Gasteiger partial charge in [-0.05, 0) is 43.9 Å². The van der Waals surface area contributed by atoms with Gasteiger partial charge in [0.25, 0.3) is 5.91 Å². The molecular weight excluding hydrogens is 256 g/mol. The first-order valence-electron chi connectivity index (χ1n) is 7.05. The molecule has 5 nitrogen and oxygen atoms in total. The number of carbonyl (C=O) groups excluding carboxylic acids is 1. The molecule has 3 rings (SSSR count). The highest BCUT2D eigenvalue weighted by molar-refractivity contribution is 5.95. The van der Waals surface area contributed by atoms with E-state index in [1.165, 1.54) is 13.2 Å². The molecule has 2 heterocycles. The number of rotatable bonds is 2. The van der Waals surface area contributed by atoms with E-state index in [-0.39, 0.29) is 29.8 Å². The molecule has 0 spiro atoms. The summed E-state index contributed by atoms with van der Waals surface area (Å²) >= 11 is 0. The molecular formula is C15H20N2O3. The van der Waals surface area contributed by atoms with Gasteiger partial charge in [0.2, 0.25) is 0 Å². The van der Waals surface area contributed by atoms with Crippen LogP contribution in [0.2, 0.25) is 0 Å². The summed E-state index contributed by atoms with van der Waals surface area (Å²) in [5.74, 6) is 0.368. The number of phenolic OH excluding ortho intramolecular Hbond substituents is 1. The third kappa shape index (κ3) is 2.12. The first-order chi connectivity index (χ1) is 9.60. The van der Waals surface area contributed by atoms with Crippen molar-refractivity contribution in [3.63, 3.8) is 0 Å². The molecule has 0 saturated carbocycles. The number of piperidine rings is 1. The lowest BCUT2D eigenvalue weighted by Crippen LogP contribution is -2.50. The minimum atomic E-state index is -0.0117. The van der Waals surface area contributed by atoms with Crippen LogP contribution in [0.4, 0.5) is 0 Å². The number of phenols is 1. The van der Waals surface area contributed by atoms with Gasteiger partial charge < -0.3 is 20.5 Å². The fourth-order valence-corrected chi connectivity index (χ4v) is 3.52. The van der Waals surface area contributed by atoms with Crippen molar-refractivity contribution >= 4 is 5.91 Å². The topological polar surface area (TPSA) is 75.8 Å². The lowest BCUT2D eigenvalue weighted by Gasteiger charge is -2.37. The van der Waals surface area contributed by atoms with E-state index in [1.807, 2.05) is 4.90 Å². The van der Waals surface area contributed by atoms with Crippen molar-refractivity contribution in [1.82, 2.24) is 4.90 Å². The quantitative estimate of drug-likeness (QED) is 0.858. The summed E-state index contributed by atoms with van der Waals surface area (Å²) in [7, 11) is 1.49. The molecule has 1 aromatic carbocycles. The molecule has 2 aliphatic heterocycles. The Kier molecular flexibility index (Phi) is 3.30. The summed E-state index contributed by atoms with van der Waals surface area (Å²) in [6, 6.07) is 5.52. The molecule has 5 heteroatoms. The van der Waals surface area contributed by atoms with Crippen LogP contribution in [0.25, 0.3) is 0 Å². The summed E-state index contributed by atoms with van der Waals surface area (Å²) in [4.78, 5) is 14.6. The number of nitrogens with two attached hydrogens (primary N) is 1. The lowest BCUT2D eigenvalue weighted by molar-refractivity contribution is 0.0574. The van der Waals surface area contributed by atoms with Crippen LogP contribution in [0.5, 0.6) is 11.5 Å². The van der Waals surface area contributed by atoms with Gasteiger partial charge in [-0.1, -0.05) is 0 Å². The first-order valence-corrected chi connectivity index (χ1v) is 7.05. The van der Waals surface area contributed by atoms with Gasteiger partial charge >= 0.3 is 0 Å². The lowest BCUT2D eigenvalue weighted by atomic mass is 9.97. The summed E-state index contributed by atoms with van der Waals surface area (Å²) in [6.07, 6.45) is 3.83. The highest BCUT2D eigenvalue weighted by Gasteiger charge is 2.42. The number of nitrogens with zero attached hydrogens (tertiary/aromatic N) is 1. The number of benzene rings is 1. The average molecular weight is 276 g/mol. The maximum atomic E-state index is 12.7. The molecule has 2 saturated heterocycles. The molecule has 1 aromatic rings. The van der Waals surface area contributed by atoms with Gasteiger partial charge in [0.15, 0.2) is 11.5 Å². The Morgan fingerprint density at radius 1 is 1.35 bits per heavy atom. The fraction of sp³-hybridized carbons (Fsp3) is 0.533. The summed E-state index contributed by atoms with van der Waals surface area (Å²) in [5, 5.41) is 9.81. The van der Waals surface area contributed by atoms with E-state index < -0.39 is 0 Å². The highest BCUT2D eigenvalue weighted by atomic mass is 16.5. The van der Waals surface area contributed by atoms with Crippen molar-refractivity contribution in [1.29, 1.82) is 0 Å². The summed E-state index contributed by atoms with van der Waals surface area (Å²) < 4.78 is 5.00. The Morgan fingerprint density at radius 2 is 2.00 bits per heavy atom. The standard InChI is InChI=1S/C15H20N2O3/c1-20-14-5-2-9(6-13(14)18)15(19)17-11-3-4-12(17)8-10(16)7-11/h2,5-6,10-12,18H,3-4,7-8,16H2,1H3. The molecule has 2 aliphatic rings. The maximum absolute atomic E-state index is 12.7. The number of fused-ring (bicyclic) bond motifs is 2. The molecule has 20 heavy (non-hydrogen) atoms. The Hall–Kier alpha value is -1.75. The zero-order chi connectivity index (χ0) is 14.3. The second kappa shape index (κ2) is 4.98. The van der Waals surface area contributed by atoms with Crippen molar-refractivity contribution in [3.8, 4) is 11.5 Å². The van der Waals surface area contributed by atoms with Crippen molar-refractivity contribution < 1.29 is 14.6 Å². The van der Waals surface area contributed by atoms with E-state index in [0.29, 0.717) is 11.3 Å². The number of amides is 1. The van der Waals surface area contributed by atoms with Crippen LogP contribution in [-0.4, -0.2) is 41.1 Å². The summed E-state index contributed by atoms with van der Waals surface area (Å²) in [6.45, 7) is 0. The van der Waals surface area contributed by atoms with Crippen molar-refractivity contribution in [2.24, 2.45) is 5.73 Å². The van der Waals surface area contributed by atoms with Crippen LogP contribution in [0, 0.1) is 0 Å². The number of aromatic hydroxyl groups is 1. The first kappa shape index (κ1) is 13.2. The predicted molar refractivity (Wildman–Crippen MR) is 74.8 cm³/mol. The second-order valence-corrected chi connectivity index (χ2v) is 5.72. The molecule has 0 aliphatic carbocycles. The average Bonchev–Trinajstić information content (AvgIpc) is 2.70. The van der Waals surface area contributed by atoms with Crippen LogP contribution in [0.15, 0.2) is 18.2 Å². The Balaban J connectivity index is 1.84. The Labute approximate surface area is 118 Å². The molecule has 2 atom stereocenters. The van der Waals surface area contributed by atoms with E-state index in [2.05, 4.69) is 0 Å². The van der Waals surface area contributed by atoms with Crippen LogP contribution < -0.4 is 10.5 Å². The van der Waals surface area contributed by atoms with Crippen molar-refractivity contribution in [3.05, 3.63) is 23.8 Å². The number of hydrogen-bond donors (Lipinski definition) is 2. The van der Waals surface area contributed by atoms with Gasteiger partial charge in [0.1, 0.15) is 0 Å². The Morgan fingerprint density at radius 3 is 2.55 bits per heavy atom. The number of carbonyl (C=O) groups is 1. The van der Waals surface area contributed by atoms with Crippen LogP contribution in [0.1, 0.15) is 36.0 Å². The van der Waals surface area contributed by atoms with Gasteiger partial charge in [-0.2, -0.15) is 0 Å². The molecule has 0 radical (unpaired) electrons. The number of methoxy groups -OCH3 is 1. The molecule has 2 bridgehead atoms. The van der Waals surface area contributed by atoms with Crippen molar-refractivity contribution in [2.45, 2.75) is 43.8 Å². The third-order valence-corrected chi connectivity index (χ3v) is 4.43. The van der Waals surface area contributed by atoms with E-state index in [9.17, 15) is 9.90 Å². The molecule has 1 amide bonds. The monoisotopic (exact) mass is 276 g/mol. The molecule has 0 aromatic heterocycles. The SMILES string of the molecule is COc1ccc(C(=O)N2C3CCC2CC(N)C3)cc1O. The highest BCUT2D eigenvalue weighted by Crippen LogP contribution is 2.37. The van der Waals surface area contributed by atoms with Crippen LogP contribution in [-0.2, 0) is 0 Å². The van der Waals surface area contributed by atoms with Gasteiger partial charge in [0, 0.05) is 23.7 Å².